The van der Waals surface area contributed by atoms with E-state index < -0.39 is 0 Å². The van der Waals surface area contributed by atoms with Gasteiger partial charge in [-0.25, -0.2) is 0 Å². The van der Waals surface area contributed by atoms with Crippen molar-refractivity contribution in [1.82, 2.24) is 10.3 Å². The third-order valence-electron chi connectivity index (χ3n) is 4.26. The van der Waals surface area contributed by atoms with Gasteiger partial charge in [-0.2, -0.15) is 0 Å². The van der Waals surface area contributed by atoms with E-state index in [4.69, 9.17) is 9.47 Å². The molecule has 0 radical (unpaired) electrons. The maximum Gasteiger partial charge on any atom is 0.258 e. The molecule has 0 spiro atoms. The molecule has 2 N–H and O–H groups in total. The van der Waals surface area contributed by atoms with E-state index in [1.165, 1.54) is 16.5 Å². The van der Waals surface area contributed by atoms with Crippen molar-refractivity contribution < 1.29 is 14.3 Å². The van der Waals surface area contributed by atoms with Gasteiger partial charge in [0, 0.05) is 23.6 Å². The van der Waals surface area contributed by atoms with E-state index >= 15 is 0 Å². The number of carbonyl (C=O) groups is 1. The van der Waals surface area contributed by atoms with Crippen LogP contribution in [0.2, 0.25) is 0 Å². The highest BCUT2D eigenvalue weighted by atomic mass is 16.5. The molecule has 5 nitrogen and oxygen atoms in total. The van der Waals surface area contributed by atoms with Crippen LogP contribution in [0.15, 0.2) is 42.6 Å². The van der Waals surface area contributed by atoms with E-state index in [9.17, 15) is 4.79 Å². The van der Waals surface area contributed by atoms with Gasteiger partial charge in [0.15, 0.2) is 0 Å². The Balaban J connectivity index is 1.72. The number of aromatic amines is 1. The van der Waals surface area contributed by atoms with Gasteiger partial charge in [-0.15, -0.1) is 0 Å². The molecule has 0 aliphatic rings. The molecular weight excluding hydrogens is 316 g/mol. The molecule has 3 aromatic rings. The van der Waals surface area contributed by atoms with Gasteiger partial charge in [-0.3, -0.25) is 4.79 Å². The van der Waals surface area contributed by atoms with Crippen LogP contribution in [0, 0.1) is 6.92 Å². The Morgan fingerprint density at radius 2 is 1.84 bits per heavy atom. The van der Waals surface area contributed by atoms with Gasteiger partial charge in [0.1, 0.15) is 17.1 Å². The predicted octanol–water partition coefficient (Wildman–Crippen LogP) is 3.47. The topological polar surface area (TPSA) is 63.4 Å². The van der Waals surface area contributed by atoms with Crippen molar-refractivity contribution in [1.29, 1.82) is 0 Å². The minimum absolute atomic E-state index is 0.203. The van der Waals surface area contributed by atoms with Crippen molar-refractivity contribution in [3.8, 4) is 11.5 Å². The van der Waals surface area contributed by atoms with Crippen LogP contribution in [0.1, 0.15) is 21.5 Å². The summed E-state index contributed by atoms with van der Waals surface area (Å²) < 4.78 is 10.6. The molecule has 1 aromatic heterocycles. The van der Waals surface area contributed by atoms with Crippen molar-refractivity contribution in [2.45, 2.75) is 13.3 Å². The second-order valence-corrected chi connectivity index (χ2v) is 5.91. The molecule has 0 atom stereocenters. The maximum atomic E-state index is 12.6. The highest BCUT2D eigenvalue weighted by Gasteiger charge is 2.17. The Labute approximate surface area is 147 Å². The monoisotopic (exact) mass is 338 g/mol. The Hall–Kier alpha value is -2.95. The third-order valence-corrected chi connectivity index (χ3v) is 4.26. The summed E-state index contributed by atoms with van der Waals surface area (Å²) in [4.78, 5) is 15.8. The smallest absolute Gasteiger partial charge is 0.258 e. The molecule has 0 aliphatic heterocycles. The lowest BCUT2D eigenvalue weighted by Crippen LogP contribution is -2.26. The molecule has 0 saturated heterocycles. The summed E-state index contributed by atoms with van der Waals surface area (Å²) in [5, 5.41) is 4.15. The quantitative estimate of drug-likeness (QED) is 0.723. The lowest BCUT2D eigenvalue weighted by atomic mass is 10.1. The van der Waals surface area contributed by atoms with Crippen LogP contribution in [-0.2, 0) is 6.42 Å². The zero-order valence-electron chi connectivity index (χ0n) is 14.7. The average molecular weight is 338 g/mol. The predicted molar refractivity (Wildman–Crippen MR) is 98.6 cm³/mol. The number of benzene rings is 2. The molecule has 1 amide bonds. The minimum atomic E-state index is -0.203. The summed E-state index contributed by atoms with van der Waals surface area (Å²) in [7, 11) is 3.08. The van der Waals surface area contributed by atoms with Crippen molar-refractivity contribution in [2.24, 2.45) is 0 Å². The van der Waals surface area contributed by atoms with E-state index in [1.807, 2.05) is 6.20 Å². The molecule has 1 heterocycles. The highest BCUT2D eigenvalue weighted by Crippen LogP contribution is 2.28. The first-order chi connectivity index (χ1) is 12.1. The van der Waals surface area contributed by atoms with E-state index in [0.717, 1.165) is 11.9 Å². The van der Waals surface area contributed by atoms with Gasteiger partial charge < -0.3 is 19.8 Å². The number of hydrogen-bond acceptors (Lipinski definition) is 3. The van der Waals surface area contributed by atoms with Gasteiger partial charge in [0.25, 0.3) is 5.91 Å². The molecule has 5 heteroatoms. The number of methoxy groups -OCH3 is 2. The summed E-state index contributed by atoms with van der Waals surface area (Å²) in [6, 6.07) is 11.6. The summed E-state index contributed by atoms with van der Waals surface area (Å²) >= 11 is 0. The van der Waals surface area contributed by atoms with Gasteiger partial charge in [0.2, 0.25) is 0 Å². The molecule has 0 bridgehead atoms. The first-order valence-electron chi connectivity index (χ1n) is 8.20. The Morgan fingerprint density at radius 1 is 1.12 bits per heavy atom. The van der Waals surface area contributed by atoms with E-state index in [0.29, 0.717) is 23.6 Å². The highest BCUT2D eigenvalue weighted by molar-refractivity contribution is 5.99. The number of aromatic nitrogens is 1. The SMILES string of the molecule is COc1cccc(OC)c1C(=O)NCCc1c[nH]c2ccc(C)cc12. The van der Waals surface area contributed by atoms with Crippen molar-refractivity contribution >= 4 is 16.8 Å². The Morgan fingerprint density at radius 3 is 2.52 bits per heavy atom. The lowest BCUT2D eigenvalue weighted by molar-refractivity contribution is 0.0948. The normalized spacial score (nSPS) is 10.7. The molecule has 0 saturated carbocycles. The number of carbonyl (C=O) groups excluding carboxylic acids is 1. The van der Waals surface area contributed by atoms with E-state index in [1.54, 1.807) is 32.4 Å². The molecular formula is C20H22N2O3. The van der Waals surface area contributed by atoms with Crippen LogP contribution < -0.4 is 14.8 Å². The fourth-order valence-corrected chi connectivity index (χ4v) is 2.97. The average Bonchev–Trinajstić information content (AvgIpc) is 3.03. The molecule has 130 valence electrons. The standard InChI is InChI=1S/C20H22N2O3/c1-13-7-8-16-15(11-13)14(12-22-16)9-10-21-20(23)19-17(24-2)5-4-6-18(19)25-3/h4-8,11-12,22H,9-10H2,1-3H3,(H,21,23). The summed E-state index contributed by atoms with van der Waals surface area (Å²) in [6.45, 7) is 2.60. The van der Waals surface area contributed by atoms with Crippen LogP contribution in [0.3, 0.4) is 0 Å². The molecule has 0 fully saturated rings. The first-order valence-corrected chi connectivity index (χ1v) is 8.20. The van der Waals surface area contributed by atoms with Crippen LogP contribution in [0.4, 0.5) is 0 Å². The second-order valence-electron chi connectivity index (χ2n) is 5.91. The van der Waals surface area contributed by atoms with Gasteiger partial charge in [-0.05, 0) is 43.2 Å². The number of amides is 1. The number of H-pyrrole nitrogens is 1. The van der Waals surface area contributed by atoms with Crippen molar-refractivity contribution in [3.63, 3.8) is 0 Å². The van der Waals surface area contributed by atoms with E-state index in [2.05, 4.69) is 35.4 Å². The molecule has 0 aliphatic carbocycles. The summed E-state index contributed by atoms with van der Waals surface area (Å²) in [5.74, 6) is 0.796. The molecule has 2 aromatic carbocycles. The molecule has 25 heavy (non-hydrogen) atoms. The number of nitrogens with one attached hydrogen (secondary N) is 2. The fourth-order valence-electron chi connectivity index (χ4n) is 2.97. The number of rotatable bonds is 6. The van der Waals surface area contributed by atoms with Gasteiger partial charge >= 0.3 is 0 Å². The number of ether oxygens (including phenoxy) is 2. The van der Waals surface area contributed by atoms with Gasteiger partial charge in [-0.1, -0.05) is 17.7 Å². The lowest BCUT2D eigenvalue weighted by Gasteiger charge is -2.12. The second kappa shape index (κ2) is 7.30. The minimum Gasteiger partial charge on any atom is -0.496 e. The zero-order chi connectivity index (χ0) is 17.8. The Bertz CT molecular complexity index is 877. The summed E-state index contributed by atoms with van der Waals surface area (Å²) in [6.07, 6.45) is 2.74. The number of aryl methyl sites for hydroxylation is 1. The van der Waals surface area contributed by atoms with Crippen LogP contribution >= 0.6 is 0 Å². The van der Waals surface area contributed by atoms with E-state index in [-0.39, 0.29) is 5.91 Å². The van der Waals surface area contributed by atoms with Crippen molar-refractivity contribution in [3.05, 3.63) is 59.3 Å². The Kier molecular flexibility index (Phi) is 4.93. The van der Waals surface area contributed by atoms with Crippen LogP contribution in [0.5, 0.6) is 11.5 Å². The third kappa shape index (κ3) is 3.45. The van der Waals surface area contributed by atoms with Crippen LogP contribution in [-0.4, -0.2) is 31.7 Å². The van der Waals surface area contributed by atoms with Crippen LogP contribution in [0.25, 0.3) is 10.9 Å². The zero-order valence-corrected chi connectivity index (χ0v) is 14.7. The van der Waals surface area contributed by atoms with Gasteiger partial charge in [0.05, 0.1) is 14.2 Å². The summed E-state index contributed by atoms with van der Waals surface area (Å²) in [5.41, 5.74) is 3.93. The largest absolute Gasteiger partial charge is 0.496 e. The fraction of sp³-hybridized carbons (Fsp3) is 0.250. The number of fused-ring (bicyclic) bond motifs is 1. The first kappa shape index (κ1) is 16.9. The van der Waals surface area contributed by atoms with Crippen molar-refractivity contribution in [2.75, 3.05) is 20.8 Å². The molecule has 3 rings (SSSR count). The maximum absolute atomic E-state index is 12.6. The molecule has 0 unspecified atom stereocenters. The number of hydrogen-bond donors (Lipinski definition) is 2.